The number of benzene rings is 2. The van der Waals surface area contributed by atoms with Crippen molar-refractivity contribution in [1.82, 2.24) is 14.9 Å². The number of H-pyrrole nitrogens is 1. The number of ether oxygens (including phenoxy) is 2. The second kappa shape index (κ2) is 9.34. The lowest BCUT2D eigenvalue weighted by molar-refractivity contribution is 0.136. The molecule has 152 valence electrons. The van der Waals surface area contributed by atoms with Gasteiger partial charge in [0.1, 0.15) is 18.1 Å². The highest BCUT2D eigenvalue weighted by Gasteiger charge is 2.16. The van der Waals surface area contributed by atoms with Crippen LogP contribution in [0.2, 0.25) is 10.0 Å². The molecule has 2 aromatic carbocycles. The van der Waals surface area contributed by atoms with Gasteiger partial charge in [0.15, 0.2) is 0 Å². The number of methoxy groups -OCH3 is 1. The molecule has 0 unspecified atom stereocenters. The molecule has 0 aliphatic rings. The van der Waals surface area contributed by atoms with Gasteiger partial charge in [-0.15, -0.1) is 0 Å². The predicted octanol–water partition coefficient (Wildman–Crippen LogP) is 5.65. The molecular weight excluding hydrogens is 445 g/mol. The molecule has 6 nitrogen and oxygen atoms in total. The van der Waals surface area contributed by atoms with Gasteiger partial charge in [-0.25, -0.2) is 13.9 Å². The van der Waals surface area contributed by atoms with Gasteiger partial charge in [0, 0.05) is 10.6 Å². The molecule has 1 heterocycles. The summed E-state index contributed by atoms with van der Waals surface area (Å²) in [7, 11) is 1.53. The molecule has 3 rings (SSSR count). The summed E-state index contributed by atoms with van der Waals surface area (Å²) >= 11 is 16.9. The van der Waals surface area contributed by atoms with Gasteiger partial charge in [-0.05, 0) is 54.2 Å². The zero-order valence-electron chi connectivity index (χ0n) is 14.9. The second-order valence-electron chi connectivity index (χ2n) is 5.68. The number of halogens is 4. The van der Waals surface area contributed by atoms with E-state index in [0.29, 0.717) is 32.7 Å². The molecule has 0 saturated heterocycles. The number of nitrogens with one attached hydrogen (secondary N) is 1. The zero-order chi connectivity index (χ0) is 21.0. The summed E-state index contributed by atoms with van der Waals surface area (Å²) in [6.45, 7) is 0.152. The van der Waals surface area contributed by atoms with Crippen molar-refractivity contribution in [2.45, 2.75) is 13.0 Å². The molecule has 29 heavy (non-hydrogen) atoms. The van der Waals surface area contributed by atoms with Crippen LogP contribution in [0.3, 0.4) is 0 Å². The van der Waals surface area contributed by atoms with Crippen molar-refractivity contribution < 1.29 is 18.3 Å². The molecule has 1 N–H and O–H groups in total. The molecule has 0 bridgehead atoms. The maximum absolute atomic E-state index is 13.0. The largest absolute Gasteiger partial charge is 0.496 e. The van der Waals surface area contributed by atoms with Gasteiger partial charge < -0.3 is 9.47 Å². The summed E-state index contributed by atoms with van der Waals surface area (Å²) in [5.74, 6) is 0.476. The third-order valence-corrected chi connectivity index (χ3v) is 4.57. The molecule has 0 radical (unpaired) electrons. The minimum absolute atomic E-state index is 0.0361. The standard InChI is InChI=1S/C18H14Cl2F2N4O2S/c1-27-14-4-2-10(8-23-26-17(16(21)22)24-25-18(26)29)6-11(14)9-28-15-5-3-12(19)7-13(15)20/h2-8,16H,9H2,1H3,(H,25,29)/b23-8+. The monoisotopic (exact) mass is 458 g/mol. The molecule has 0 fully saturated rings. The number of hydrogen-bond donors (Lipinski definition) is 1. The first kappa shape index (κ1) is 21.2. The van der Waals surface area contributed by atoms with Crippen LogP contribution in [0.4, 0.5) is 8.78 Å². The van der Waals surface area contributed by atoms with Crippen molar-refractivity contribution in [3.8, 4) is 11.5 Å². The van der Waals surface area contributed by atoms with Crippen LogP contribution in [0, 0.1) is 4.77 Å². The quantitative estimate of drug-likeness (QED) is 0.366. The Hall–Kier alpha value is -2.49. The normalized spacial score (nSPS) is 11.4. The van der Waals surface area contributed by atoms with Crippen LogP contribution in [-0.4, -0.2) is 28.2 Å². The lowest BCUT2D eigenvalue weighted by atomic mass is 10.1. The number of nitrogens with zero attached hydrogens (tertiary/aromatic N) is 3. The Balaban J connectivity index is 1.83. The van der Waals surface area contributed by atoms with E-state index < -0.39 is 12.2 Å². The van der Waals surface area contributed by atoms with Crippen molar-refractivity contribution >= 4 is 41.6 Å². The molecule has 0 atom stereocenters. The number of alkyl halides is 2. The Morgan fingerprint density at radius 3 is 2.69 bits per heavy atom. The molecule has 0 aliphatic heterocycles. The molecule has 0 aliphatic carbocycles. The topological polar surface area (TPSA) is 64.4 Å². The Morgan fingerprint density at radius 1 is 1.24 bits per heavy atom. The van der Waals surface area contributed by atoms with Gasteiger partial charge in [0.05, 0.1) is 18.3 Å². The van der Waals surface area contributed by atoms with Crippen molar-refractivity contribution in [3.05, 3.63) is 68.2 Å². The van der Waals surface area contributed by atoms with E-state index in [4.69, 9.17) is 44.9 Å². The third-order valence-electron chi connectivity index (χ3n) is 3.77. The van der Waals surface area contributed by atoms with E-state index in [-0.39, 0.29) is 11.4 Å². The number of hydrogen-bond acceptors (Lipinski definition) is 5. The predicted molar refractivity (Wildman–Crippen MR) is 109 cm³/mol. The van der Waals surface area contributed by atoms with E-state index >= 15 is 0 Å². The first-order valence-corrected chi connectivity index (χ1v) is 9.30. The second-order valence-corrected chi connectivity index (χ2v) is 6.91. The first-order chi connectivity index (χ1) is 13.9. The summed E-state index contributed by atoms with van der Waals surface area (Å²) in [5.41, 5.74) is 1.32. The highest BCUT2D eigenvalue weighted by molar-refractivity contribution is 7.71. The van der Waals surface area contributed by atoms with Gasteiger partial charge in [-0.3, -0.25) is 0 Å². The summed E-state index contributed by atoms with van der Waals surface area (Å²) in [6.07, 6.45) is -1.43. The first-order valence-electron chi connectivity index (χ1n) is 8.13. The lowest BCUT2D eigenvalue weighted by Crippen LogP contribution is -2.02. The molecule has 11 heteroatoms. The Morgan fingerprint density at radius 2 is 2.00 bits per heavy atom. The van der Waals surface area contributed by atoms with Crippen molar-refractivity contribution in [3.63, 3.8) is 0 Å². The van der Waals surface area contributed by atoms with Crippen LogP contribution < -0.4 is 9.47 Å². The van der Waals surface area contributed by atoms with Crippen LogP contribution in [-0.2, 0) is 6.61 Å². The van der Waals surface area contributed by atoms with Gasteiger partial charge in [0.2, 0.25) is 10.6 Å². The van der Waals surface area contributed by atoms with Gasteiger partial charge in [-0.2, -0.15) is 14.9 Å². The Kier molecular flexibility index (Phi) is 6.83. The fraction of sp³-hybridized carbons (Fsp3) is 0.167. The van der Waals surface area contributed by atoms with Gasteiger partial charge >= 0.3 is 0 Å². The fourth-order valence-electron chi connectivity index (χ4n) is 2.42. The fourth-order valence-corrected chi connectivity index (χ4v) is 3.07. The summed E-state index contributed by atoms with van der Waals surface area (Å²) in [4.78, 5) is 0. The van der Waals surface area contributed by atoms with Gasteiger partial charge in [0.25, 0.3) is 6.43 Å². The number of aromatic amines is 1. The van der Waals surface area contributed by atoms with Crippen molar-refractivity contribution in [2.24, 2.45) is 5.10 Å². The van der Waals surface area contributed by atoms with Crippen LogP contribution in [0.5, 0.6) is 11.5 Å². The molecule has 3 aromatic rings. The minimum atomic E-state index is -2.82. The average Bonchev–Trinajstić information content (AvgIpc) is 3.06. The Labute approximate surface area is 179 Å². The highest BCUT2D eigenvalue weighted by Crippen LogP contribution is 2.29. The van der Waals surface area contributed by atoms with Crippen LogP contribution in [0.1, 0.15) is 23.4 Å². The Bertz CT molecular complexity index is 1100. The van der Waals surface area contributed by atoms with Crippen LogP contribution in [0.25, 0.3) is 0 Å². The molecular formula is C18H14Cl2F2N4O2S. The van der Waals surface area contributed by atoms with E-state index in [2.05, 4.69) is 15.3 Å². The summed E-state index contributed by atoms with van der Waals surface area (Å²) in [6, 6.07) is 10.1. The minimum Gasteiger partial charge on any atom is -0.496 e. The number of aromatic nitrogens is 3. The third kappa shape index (κ3) is 5.11. The lowest BCUT2D eigenvalue weighted by Gasteiger charge is -2.12. The maximum atomic E-state index is 13.0. The SMILES string of the molecule is COc1ccc(/C=N/n2c(C(F)F)n[nH]c2=S)cc1COc1ccc(Cl)cc1Cl. The zero-order valence-corrected chi connectivity index (χ0v) is 17.2. The van der Waals surface area contributed by atoms with E-state index in [1.165, 1.54) is 13.3 Å². The summed E-state index contributed by atoms with van der Waals surface area (Å²) < 4.78 is 37.9. The maximum Gasteiger partial charge on any atom is 0.299 e. The van der Waals surface area contributed by atoms with E-state index in [9.17, 15) is 8.78 Å². The van der Waals surface area contributed by atoms with Crippen molar-refractivity contribution in [1.29, 1.82) is 0 Å². The smallest absolute Gasteiger partial charge is 0.299 e. The highest BCUT2D eigenvalue weighted by atomic mass is 35.5. The van der Waals surface area contributed by atoms with Crippen molar-refractivity contribution in [2.75, 3.05) is 7.11 Å². The molecule has 0 spiro atoms. The molecule has 0 amide bonds. The van der Waals surface area contributed by atoms with Crippen LogP contribution >= 0.6 is 35.4 Å². The summed E-state index contributed by atoms with van der Waals surface area (Å²) in [5, 5.41) is 10.6. The molecule has 1 aromatic heterocycles. The molecule has 0 saturated carbocycles. The van der Waals surface area contributed by atoms with E-state index in [1.807, 2.05) is 0 Å². The van der Waals surface area contributed by atoms with E-state index in [0.717, 1.165) is 4.68 Å². The average molecular weight is 459 g/mol. The van der Waals surface area contributed by atoms with Gasteiger partial charge in [-0.1, -0.05) is 23.2 Å². The van der Waals surface area contributed by atoms with Crippen LogP contribution in [0.15, 0.2) is 41.5 Å². The number of rotatable bonds is 7. The van der Waals surface area contributed by atoms with E-state index in [1.54, 1.807) is 36.4 Å².